The van der Waals surface area contributed by atoms with Gasteiger partial charge in [-0.1, -0.05) is 48.6 Å². The summed E-state index contributed by atoms with van der Waals surface area (Å²) in [6.45, 7) is 6.17. The van der Waals surface area contributed by atoms with Crippen LogP contribution in [-0.4, -0.2) is 30.1 Å². The molecule has 1 aromatic rings. The van der Waals surface area contributed by atoms with E-state index >= 15 is 0 Å². The van der Waals surface area contributed by atoms with Crippen LogP contribution in [0.3, 0.4) is 0 Å². The lowest BCUT2D eigenvalue weighted by molar-refractivity contribution is 0.120. The fraction of sp³-hybridized carbons (Fsp3) is 0.333. The molecule has 0 saturated heterocycles. The lowest BCUT2D eigenvalue weighted by Crippen LogP contribution is -1.99. The second-order valence-corrected chi connectivity index (χ2v) is 5.87. The van der Waals surface area contributed by atoms with Gasteiger partial charge in [0.25, 0.3) is 0 Å². The molecule has 6 heteroatoms. The normalized spacial score (nSPS) is 16.1. The molecule has 1 unspecified atom stereocenters. The van der Waals surface area contributed by atoms with Crippen LogP contribution in [-0.2, 0) is 13.8 Å². The standard InChI is InChI=1S/C12H12.C3H9O5P/c1-9(2)11-8-7-10-5-3-4-6-12(10)11;1-7-2-3-8-9(4,5)6/h3-8,11H,1H2,2H3;2-3H2,1H3,(H2,4,5,6). The number of fused-ring (bicyclic) bond motifs is 1. The van der Waals surface area contributed by atoms with Crippen LogP contribution < -0.4 is 0 Å². The molecule has 2 N–H and O–H groups in total. The Labute approximate surface area is 125 Å². The first-order chi connectivity index (χ1) is 9.85. The van der Waals surface area contributed by atoms with E-state index in [-0.39, 0.29) is 13.2 Å². The number of phosphoric acid groups is 1. The highest BCUT2D eigenvalue weighted by Crippen LogP contribution is 2.35. The number of methoxy groups -OCH3 is 1. The monoisotopic (exact) mass is 312 g/mol. The van der Waals surface area contributed by atoms with E-state index in [0.29, 0.717) is 5.92 Å². The first kappa shape index (κ1) is 17.8. The van der Waals surface area contributed by atoms with Crippen molar-refractivity contribution < 1.29 is 23.6 Å². The number of hydrogen-bond donors (Lipinski definition) is 2. The van der Waals surface area contributed by atoms with Gasteiger partial charge >= 0.3 is 7.82 Å². The lowest BCUT2D eigenvalue weighted by Gasteiger charge is -2.09. The molecule has 0 aliphatic heterocycles. The number of allylic oxidation sites excluding steroid dienone is 2. The van der Waals surface area contributed by atoms with Gasteiger partial charge in [0.05, 0.1) is 13.2 Å². The molecule has 0 bridgehead atoms. The predicted molar refractivity (Wildman–Crippen MR) is 82.9 cm³/mol. The van der Waals surface area contributed by atoms with Gasteiger partial charge in [-0.15, -0.1) is 0 Å². The highest BCUT2D eigenvalue weighted by Gasteiger charge is 2.16. The van der Waals surface area contributed by atoms with Gasteiger partial charge in [-0.25, -0.2) is 4.57 Å². The van der Waals surface area contributed by atoms with Gasteiger partial charge in [-0.2, -0.15) is 0 Å². The van der Waals surface area contributed by atoms with Crippen molar-refractivity contribution in [2.75, 3.05) is 20.3 Å². The summed E-state index contributed by atoms with van der Waals surface area (Å²) in [6.07, 6.45) is 4.39. The molecule has 1 aliphatic rings. The van der Waals surface area contributed by atoms with Gasteiger partial charge < -0.3 is 14.5 Å². The van der Waals surface area contributed by atoms with E-state index in [1.807, 2.05) is 0 Å². The third-order valence-electron chi connectivity index (χ3n) is 2.88. The molecule has 0 spiro atoms. The maximum Gasteiger partial charge on any atom is 0.469 e. The molecule has 116 valence electrons. The zero-order valence-corrected chi connectivity index (χ0v) is 13.1. The summed E-state index contributed by atoms with van der Waals surface area (Å²) in [5.74, 6) is 0.446. The van der Waals surface area contributed by atoms with Crippen molar-refractivity contribution in [1.82, 2.24) is 0 Å². The first-order valence-corrected chi connectivity index (χ1v) is 7.99. The minimum Gasteiger partial charge on any atom is -0.382 e. The zero-order chi connectivity index (χ0) is 15.9. The molecule has 2 rings (SSSR count). The van der Waals surface area contributed by atoms with Gasteiger partial charge in [-0.3, -0.25) is 4.52 Å². The van der Waals surface area contributed by atoms with Crippen LogP contribution in [0.1, 0.15) is 24.0 Å². The van der Waals surface area contributed by atoms with Crippen LogP contribution in [0, 0.1) is 0 Å². The van der Waals surface area contributed by atoms with Crippen molar-refractivity contribution in [3.8, 4) is 0 Å². The molecule has 0 aromatic heterocycles. The largest absolute Gasteiger partial charge is 0.469 e. The fourth-order valence-corrected chi connectivity index (χ4v) is 2.23. The third kappa shape index (κ3) is 6.38. The topological polar surface area (TPSA) is 76.0 Å². The Morgan fingerprint density at radius 1 is 1.33 bits per heavy atom. The molecular weight excluding hydrogens is 291 g/mol. The predicted octanol–water partition coefficient (Wildman–Crippen LogP) is 3.12. The summed E-state index contributed by atoms with van der Waals surface area (Å²) in [4.78, 5) is 16.2. The lowest BCUT2D eigenvalue weighted by atomic mass is 9.95. The van der Waals surface area contributed by atoms with E-state index in [1.165, 1.54) is 23.8 Å². The average Bonchev–Trinajstić information content (AvgIpc) is 2.82. The van der Waals surface area contributed by atoms with E-state index < -0.39 is 7.82 Å². The Morgan fingerprint density at radius 2 is 2.00 bits per heavy atom. The quantitative estimate of drug-likeness (QED) is 0.496. The molecule has 5 nitrogen and oxygen atoms in total. The zero-order valence-electron chi connectivity index (χ0n) is 12.2. The first-order valence-electron chi connectivity index (χ1n) is 6.46. The smallest absolute Gasteiger partial charge is 0.382 e. The summed E-state index contributed by atoms with van der Waals surface area (Å²) in [7, 11) is -2.86. The number of rotatable bonds is 5. The Hall–Kier alpha value is -1.23. The van der Waals surface area contributed by atoms with Crippen LogP contribution >= 0.6 is 7.82 Å². The van der Waals surface area contributed by atoms with Crippen molar-refractivity contribution in [2.45, 2.75) is 12.8 Å². The van der Waals surface area contributed by atoms with Gasteiger partial charge in [0.2, 0.25) is 0 Å². The Morgan fingerprint density at radius 3 is 2.57 bits per heavy atom. The average molecular weight is 312 g/mol. The molecule has 0 radical (unpaired) electrons. The molecular formula is C15H21O5P. The summed E-state index contributed by atoms with van der Waals surface area (Å²) in [5, 5.41) is 0. The maximum atomic E-state index is 9.92. The van der Waals surface area contributed by atoms with Crippen molar-refractivity contribution in [3.05, 3.63) is 53.6 Å². The van der Waals surface area contributed by atoms with Crippen molar-refractivity contribution in [1.29, 1.82) is 0 Å². The van der Waals surface area contributed by atoms with Crippen molar-refractivity contribution >= 4 is 13.9 Å². The van der Waals surface area contributed by atoms with Crippen LogP contribution in [0.4, 0.5) is 0 Å². The van der Waals surface area contributed by atoms with Gasteiger partial charge in [0, 0.05) is 13.0 Å². The van der Waals surface area contributed by atoms with Gasteiger partial charge in [-0.05, 0) is 18.1 Å². The van der Waals surface area contributed by atoms with Crippen LogP contribution in [0.25, 0.3) is 6.08 Å². The summed E-state index contributed by atoms with van der Waals surface area (Å²) in [5.41, 5.74) is 3.95. The minimum atomic E-state index is -4.28. The fourth-order valence-electron chi connectivity index (χ4n) is 1.92. The Balaban J connectivity index is 0.000000222. The molecule has 1 atom stereocenters. The van der Waals surface area contributed by atoms with E-state index in [0.717, 1.165) is 0 Å². The summed E-state index contributed by atoms with van der Waals surface area (Å²) >= 11 is 0. The maximum absolute atomic E-state index is 9.92. The Bertz CT molecular complexity index is 547. The van der Waals surface area contributed by atoms with E-state index in [9.17, 15) is 4.57 Å². The molecule has 0 fully saturated rings. The second-order valence-electron chi connectivity index (χ2n) is 4.63. The molecule has 0 heterocycles. The number of benzene rings is 1. The molecule has 1 aliphatic carbocycles. The van der Waals surface area contributed by atoms with E-state index in [1.54, 1.807) is 0 Å². The molecule has 0 saturated carbocycles. The van der Waals surface area contributed by atoms with Gasteiger partial charge in [0.15, 0.2) is 0 Å². The van der Waals surface area contributed by atoms with Crippen LogP contribution in [0.2, 0.25) is 0 Å². The van der Waals surface area contributed by atoms with Crippen molar-refractivity contribution in [3.63, 3.8) is 0 Å². The summed E-state index contributed by atoms with van der Waals surface area (Å²) < 4.78 is 18.4. The minimum absolute atomic E-state index is 0.0826. The van der Waals surface area contributed by atoms with Crippen molar-refractivity contribution in [2.24, 2.45) is 0 Å². The highest BCUT2D eigenvalue weighted by atomic mass is 31.2. The molecule has 1 aromatic carbocycles. The number of hydrogen-bond acceptors (Lipinski definition) is 3. The second kappa shape index (κ2) is 8.27. The molecule has 0 amide bonds. The summed E-state index contributed by atoms with van der Waals surface area (Å²) in [6, 6.07) is 8.48. The van der Waals surface area contributed by atoms with E-state index in [4.69, 9.17) is 9.79 Å². The number of phosphoric ester groups is 1. The highest BCUT2D eigenvalue weighted by molar-refractivity contribution is 7.46. The van der Waals surface area contributed by atoms with Gasteiger partial charge in [0.1, 0.15) is 0 Å². The van der Waals surface area contributed by atoms with Crippen LogP contribution in [0.15, 0.2) is 42.5 Å². The third-order valence-corrected chi connectivity index (χ3v) is 3.40. The SMILES string of the molecule is C=C(C)C1C=Cc2ccccc21.COCCOP(=O)(O)O. The number of ether oxygens (including phenoxy) is 1. The van der Waals surface area contributed by atoms with E-state index in [2.05, 4.69) is 59.2 Å². The Kier molecular flexibility index (Phi) is 7.02. The molecule has 21 heavy (non-hydrogen) atoms. The van der Waals surface area contributed by atoms with Crippen LogP contribution in [0.5, 0.6) is 0 Å².